The van der Waals surface area contributed by atoms with Crippen molar-refractivity contribution in [1.82, 2.24) is 4.90 Å². The van der Waals surface area contributed by atoms with Gasteiger partial charge >= 0.3 is 5.97 Å². The Morgan fingerprint density at radius 2 is 2.27 bits per heavy atom. The van der Waals surface area contributed by atoms with Crippen molar-refractivity contribution in [1.29, 1.82) is 0 Å². The number of nitrogens with zero attached hydrogens (tertiary/aromatic N) is 1. The standard InChI is InChI=1S/C21H27NO4/c1-3-4-17(24)25-16-8-5-12-11-14-13-6-7-15(23)20-21(13,9-10-22(14)2)18(12)19(16)26-20/h5,8,13-15,20,23H,3-4,6-7,9-11H2,1-2H3/t13-,14+,15-,20-,21-/m0/s1. The number of aliphatic hydroxyl groups is 1. The predicted octanol–water partition coefficient (Wildman–Crippen LogP) is 2.42. The van der Waals surface area contributed by atoms with Crippen LogP contribution in [-0.2, 0) is 16.6 Å². The van der Waals surface area contributed by atoms with Crippen LogP contribution in [-0.4, -0.2) is 47.8 Å². The molecular formula is C21H27NO4. The summed E-state index contributed by atoms with van der Waals surface area (Å²) in [5.41, 5.74) is 2.42. The summed E-state index contributed by atoms with van der Waals surface area (Å²) in [5, 5.41) is 10.8. The number of aliphatic hydroxyl groups excluding tert-OH is 1. The van der Waals surface area contributed by atoms with Crippen molar-refractivity contribution in [2.24, 2.45) is 5.92 Å². The van der Waals surface area contributed by atoms with E-state index in [0.717, 1.165) is 44.4 Å². The third-order valence-corrected chi connectivity index (χ3v) is 7.23. The SMILES string of the molecule is CCCC(=O)Oc1ccc2c3c1O[C@H]1[C@@H](O)CC[C@H]4[C@@H](C2)N(C)CC[C@@]341. The van der Waals surface area contributed by atoms with Crippen molar-refractivity contribution < 1.29 is 19.4 Å². The molecule has 140 valence electrons. The lowest BCUT2D eigenvalue weighted by Gasteiger charge is -2.58. The third-order valence-electron chi connectivity index (χ3n) is 7.23. The van der Waals surface area contributed by atoms with Crippen molar-refractivity contribution in [3.8, 4) is 11.5 Å². The van der Waals surface area contributed by atoms with Crippen LogP contribution in [0.25, 0.3) is 0 Å². The number of likely N-dealkylation sites (N-methyl/N-ethyl adjacent to an activating group) is 1. The lowest BCUT2D eigenvalue weighted by Crippen LogP contribution is -2.66. The van der Waals surface area contributed by atoms with Crippen LogP contribution in [0.4, 0.5) is 0 Å². The van der Waals surface area contributed by atoms with Gasteiger partial charge in [0.15, 0.2) is 11.5 Å². The first-order valence-electron chi connectivity index (χ1n) is 9.98. The number of hydrogen-bond acceptors (Lipinski definition) is 5. The number of esters is 1. The Balaban J connectivity index is 1.65. The van der Waals surface area contributed by atoms with E-state index in [1.165, 1.54) is 11.1 Å². The van der Waals surface area contributed by atoms with Gasteiger partial charge in [-0.25, -0.2) is 0 Å². The van der Waals surface area contributed by atoms with Crippen molar-refractivity contribution in [2.75, 3.05) is 13.6 Å². The molecule has 5 heteroatoms. The Kier molecular flexibility index (Phi) is 3.63. The van der Waals surface area contributed by atoms with Gasteiger partial charge in [-0.1, -0.05) is 13.0 Å². The highest BCUT2D eigenvalue weighted by atomic mass is 16.6. The van der Waals surface area contributed by atoms with Crippen LogP contribution in [0.15, 0.2) is 12.1 Å². The molecule has 5 nitrogen and oxygen atoms in total. The normalized spacial score (nSPS) is 37.0. The molecule has 4 aliphatic rings. The number of carbonyl (C=O) groups is 1. The predicted molar refractivity (Wildman–Crippen MR) is 96.5 cm³/mol. The summed E-state index contributed by atoms with van der Waals surface area (Å²) < 4.78 is 12.0. The lowest BCUT2D eigenvalue weighted by atomic mass is 9.51. The number of carbonyl (C=O) groups excluding carboxylic acids is 1. The first-order valence-corrected chi connectivity index (χ1v) is 9.98. The molecule has 1 N–H and O–H groups in total. The molecule has 2 bridgehead atoms. The van der Waals surface area contributed by atoms with Crippen molar-refractivity contribution >= 4 is 5.97 Å². The van der Waals surface area contributed by atoms with E-state index in [1.54, 1.807) is 0 Å². The molecule has 2 heterocycles. The van der Waals surface area contributed by atoms with E-state index in [-0.39, 0.29) is 17.5 Å². The van der Waals surface area contributed by atoms with Gasteiger partial charge in [0.1, 0.15) is 6.10 Å². The zero-order valence-electron chi connectivity index (χ0n) is 15.5. The molecule has 26 heavy (non-hydrogen) atoms. The smallest absolute Gasteiger partial charge is 0.311 e. The first-order chi connectivity index (χ1) is 12.6. The summed E-state index contributed by atoms with van der Waals surface area (Å²) in [7, 11) is 2.22. The largest absolute Gasteiger partial charge is 0.483 e. The number of rotatable bonds is 3. The van der Waals surface area contributed by atoms with Crippen molar-refractivity contribution in [2.45, 2.75) is 69.1 Å². The highest BCUT2D eigenvalue weighted by Gasteiger charge is 2.65. The van der Waals surface area contributed by atoms with Gasteiger partial charge in [-0.3, -0.25) is 4.79 Å². The minimum absolute atomic E-state index is 0.120. The lowest BCUT2D eigenvalue weighted by molar-refractivity contribution is -0.134. The number of piperidine rings is 1. The molecule has 2 aliphatic carbocycles. The second kappa shape index (κ2) is 5.70. The highest BCUT2D eigenvalue weighted by Crippen LogP contribution is 2.63. The summed E-state index contributed by atoms with van der Waals surface area (Å²) >= 11 is 0. The second-order valence-corrected chi connectivity index (χ2v) is 8.48. The number of hydrogen-bond donors (Lipinski definition) is 1. The van der Waals surface area contributed by atoms with Crippen LogP contribution in [0.1, 0.15) is 50.2 Å². The topological polar surface area (TPSA) is 59.0 Å². The summed E-state index contributed by atoms with van der Waals surface area (Å²) in [6.45, 7) is 2.99. The zero-order chi connectivity index (χ0) is 18.1. The first kappa shape index (κ1) is 16.6. The molecule has 1 spiro atoms. The van der Waals surface area contributed by atoms with Gasteiger partial charge in [-0.2, -0.15) is 0 Å². The minimum Gasteiger partial charge on any atom is -0.483 e. The van der Waals surface area contributed by atoms with Gasteiger partial charge in [0, 0.05) is 23.4 Å². The summed E-state index contributed by atoms with van der Waals surface area (Å²) in [6.07, 6.45) is 4.35. The molecule has 2 fully saturated rings. The number of ether oxygens (including phenoxy) is 2. The van der Waals surface area contributed by atoms with Crippen LogP contribution in [0.2, 0.25) is 0 Å². The molecule has 1 aromatic rings. The summed E-state index contributed by atoms with van der Waals surface area (Å²) in [6, 6.07) is 4.51. The quantitative estimate of drug-likeness (QED) is 0.665. The van der Waals surface area contributed by atoms with Gasteiger partial charge in [0.2, 0.25) is 0 Å². The van der Waals surface area contributed by atoms with E-state index in [0.29, 0.717) is 24.1 Å². The highest BCUT2D eigenvalue weighted by molar-refractivity contribution is 5.74. The molecule has 0 radical (unpaired) electrons. The molecule has 2 aliphatic heterocycles. The molecule has 5 atom stereocenters. The van der Waals surface area contributed by atoms with E-state index in [9.17, 15) is 9.90 Å². The molecule has 1 saturated carbocycles. The molecule has 5 rings (SSSR count). The van der Waals surface area contributed by atoms with Gasteiger partial charge in [-0.05, 0) is 63.2 Å². The minimum atomic E-state index is -0.451. The van der Waals surface area contributed by atoms with Crippen LogP contribution in [0.5, 0.6) is 11.5 Å². The fourth-order valence-electron chi connectivity index (χ4n) is 6.16. The number of benzene rings is 1. The van der Waals surface area contributed by atoms with Gasteiger partial charge in [0.25, 0.3) is 0 Å². The Morgan fingerprint density at radius 3 is 3.08 bits per heavy atom. The van der Waals surface area contributed by atoms with E-state index in [4.69, 9.17) is 9.47 Å². The molecule has 0 amide bonds. The molecule has 0 unspecified atom stereocenters. The van der Waals surface area contributed by atoms with Crippen molar-refractivity contribution in [3.63, 3.8) is 0 Å². The Labute approximate surface area is 154 Å². The fourth-order valence-corrected chi connectivity index (χ4v) is 6.16. The maximum atomic E-state index is 12.1. The van der Waals surface area contributed by atoms with E-state index in [1.807, 2.05) is 13.0 Å². The van der Waals surface area contributed by atoms with E-state index in [2.05, 4.69) is 18.0 Å². The monoisotopic (exact) mass is 357 g/mol. The summed E-state index contributed by atoms with van der Waals surface area (Å²) in [4.78, 5) is 14.6. The van der Waals surface area contributed by atoms with Crippen LogP contribution < -0.4 is 9.47 Å². The Hall–Kier alpha value is -1.59. The van der Waals surface area contributed by atoms with Crippen LogP contribution in [0.3, 0.4) is 0 Å². The van der Waals surface area contributed by atoms with E-state index < -0.39 is 6.10 Å². The maximum absolute atomic E-state index is 12.1. The van der Waals surface area contributed by atoms with Crippen molar-refractivity contribution in [3.05, 3.63) is 23.3 Å². The fraction of sp³-hybridized carbons (Fsp3) is 0.667. The maximum Gasteiger partial charge on any atom is 0.311 e. The number of likely N-dealkylation sites (tertiary alicyclic amines) is 1. The van der Waals surface area contributed by atoms with Gasteiger partial charge in [0.05, 0.1) is 6.10 Å². The average Bonchev–Trinajstić information content (AvgIpc) is 2.97. The zero-order valence-corrected chi connectivity index (χ0v) is 15.5. The van der Waals surface area contributed by atoms with Gasteiger partial charge in [-0.15, -0.1) is 0 Å². The molecular weight excluding hydrogens is 330 g/mol. The molecule has 1 saturated heterocycles. The molecule has 0 aromatic heterocycles. The Bertz CT molecular complexity index is 763. The second-order valence-electron chi connectivity index (χ2n) is 8.48. The van der Waals surface area contributed by atoms with Crippen LogP contribution in [0, 0.1) is 5.92 Å². The molecule has 1 aromatic carbocycles. The summed E-state index contributed by atoms with van der Waals surface area (Å²) in [5.74, 6) is 1.55. The van der Waals surface area contributed by atoms with Crippen LogP contribution >= 0.6 is 0 Å². The third kappa shape index (κ3) is 2.01. The average molecular weight is 357 g/mol. The Morgan fingerprint density at radius 1 is 1.42 bits per heavy atom. The van der Waals surface area contributed by atoms with Gasteiger partial charge < -0.3 is 19.5 Å². The van der Waals surface area contributed by atoms with E-state index >= 15 is 0 Å².